The van der Waals surface area contributed by atoms with Gasteiger partial charge < -0.3 is 19.1 Å². The van der Waals surface area contributed by atoms with E-state index in [2.05, 4.69) is 0 Å². The molecule has 0 heterocycles. The molecule has 162 valence electrons. The van der Waals surface area contributed by atoms with Gasteiger partial charge in [0.15, 0.2) is 0 Å². The molecule has 0 bridgehead atoms. The fourth-order valence-corrected chi connectivity index (χ4v) is 3.99. The van der Waals surface area contributed by atoms with E-state index in [1.54, 1.807) is 18.2 Å². The van der Waals surface area contributed by atoms with Crippen molar-refractivity contribution in [2.24, 2.45) is 0 Å². The van der Waals surface area contributed by atoms with Crippen LogP contribution < -0.4 is 8.92 Å². The summed E-state index contributed by atoms with van der Waals surface area (Å²) >= 11 is 0. The molecule has 3 rings (SSSR count). The molecule has 0 saturated heterocycles. The van der Waals surface area contributed by atoms with E-state index in [0.717, 1.165) is 0 Å². The topological polar surface area (TPSA) is 93.1 Å². The molecule has 0 saturated carbocycles. The molecule has 0 fully saturated rings. The van der Waals surface area contributed by atoms with Crippen molar-refractivity contribution in [2.75, 3.05) is 12.4 Å². The number of hydrogen-bond donors (Lipinski definition) is 2. The summed E-state index contributed by atoms with van der Waals surface area (Å²) in [5.74, 6) is -0.165. The highest BCUT2D eigenvalue weighted by atomic mass is 32.2. The SMILES string of the molecule is O=S(=O)(CCCC(F)(F)F)Oc1cccc(Oc2ccc(O)c3c2CC(CO)=C3)c1. The van der Waals surface area contributed by atoms with Gasteiger partial charge in [0.05, 0.1) is 12.4 Å². The minimum absolute atomic E-state index is 0.0443. The highest BCUT2D eigenvalue weighted by Gasteiger charge is 2.28. The Bertz CT molecular complexity index is 1060. The monoisotopic (exact) mass is 444 g/mol. The summed E-state index contributed by atoms with van der Waals surface area (Å²) < 4.78 is 71.1. The molecule has 0 radical (unpaired) electrons. The van der Waals surface area contributed by atoms with E-state index in [-0.39, 0.29) is 23.9 Å². The van der Waals surface area contributed by atoms with Crippen LogP contribution in [0.2, 0.25) is 0 Å². The maximum Gasteiger partial charge on any atom is 0.389 e. The number of benzene rings is 2. The van der Waals surface area contributed by atoms with Crippen LogP contribution in [0.25, 0.3) is 6.08 Å². The Balaban J connectivity index is 1.71. The standard InChI is InChI=1S/C20H19F3O6S/c21-20(22,23)7-2-8-30(26,27)29-15-4-1-3-14(11-15)28-19-6-5-18(25)16-9-13(12-24)10-17(16)19/h1,3-6,9,11,24-25H,2,7-8,10,12H2. The van der Waals surface area contributed by atoms with Gasteiger partial charge in [0.25, 0.3) is 0 Å². The first-order valence-electron chi connectivity index (χ1n) is 8.98. The number of aliphatic hydroxyl groups is 1. The fraction of sp³-hybridized carbons (Fsp3) is 0.300. The summed E-state index contributed by atoms with van der Waals surface area (Å²) in [6.45, 7) is -0.164. The van der Waals surface area contributed by atoms with Crippen molar-refractivity contribution in [3.63, 3.8) is 0 Å². The van der Waals surface area contributed by atoms with Crippen LogP contribution in [0.15, 0.2) is 42.0 Å². The van der Waals surface area contributed by atoms with Crippen LogP contribution in [0.4, 0.5) is 13.2 Å². The van der Waals surface area contributed by atoms with Gasteiger partial charge >= 0.3 is 16.3 Å². The molecule has 0 spiro atoms. The smallest absolute Gasteiger partial charge is 0.389 e. The number of phenolic OH excluding ortho intramolecular Hbond substituents is 1. The Hall–Kier alpha value is -2.72. The number of hydrogen-bond acceptors (Lipinski definition) is 6. The van der Waals surface area contributed by atoms with Crippen LogP contribution in [0.1, 0.15) is 24.0 Å². The molecule has 30 heavy (non-hydrogen) atoms. The second-order valence-electron chi connectivity index (χ2n) is 6.75. The molecule has 0 atom stereocenters. The third kappa shape index (κ3) is 5.67. The van der Waals surface area contributed by atoms with Crippen LogP contribution in [0.5, 0.6) is 23.0 Å². The van der Waals surface area contributed by atoms with Crippen LogP contribution in [0.3, 0.4) is 0 Å². The second-order valence-corrected chi connectivity index (χ2v) is 8.44. The number of ether oxygens (including phenoxy) is 1. The van der Waals surface area contributed by atoms with E-state index >= 15 is 0 Å². The Morgan fingerprint density at radius 1 is 1.10 bits per heavy atom. The molecule has 6 nitrogen and oxygen atoms in total. The van der Waals surface area contributed by atoms with Gasteiger partial charge in [-0.2, -0.15) is 21.6 Å². The number of alkyl halides is 3. The molecule has 0 aliphatic heterocycles. The molecular formula is C20H19F3O6S. The van der Waals surface area contributed by atoms with Crippen LogP contribution in [0, 0.1) is 0 Å². The molecular weight excluding hydrogens is 425 g/mol. The van der Waals surface area contributed by atoms with Crippen molar-refractivity contribution in [2.45, 2.75) is 25.4 Å². The molecule has 10 heteroatoms. The van der Waals surface area contributed by atoms with Crippen molar-refractivity contribution in [3.05, 3.63) is 53.1 Å². The fourth-order valence-electron chi connectivity index (χ4n) is 3.01. The highest BCUT2D eigenvalue weighted by Crippen LogP contribution is 2.40. The predicted octanol–water partition coefficient (Wildman–Crippen LogP) is 4.17. The lowest BCUT2D eigenvalue weighted by Crippen LogP contribution is -2.16. The first-order valence-corrected chi connectivity index (χ1v) is 10.6. The Morgan fingerprint density at radius 2 is 1.83 bits per heavy atom. The van der Waals surface area contributed by atoms with Gasteiger partial charge in [0.1, 0.15) is 23.0 Å². The average molecular weight is 444 g/mol. The lowest BCUT2D eigenvalue weighted by molar-refractivity contribution is -0.134. The molecule has 1 aliphatic rings. The van der Waals surface area contributed by atoms with Gasteiger partial charge in [0.2, 0.25) is 0 Å². The third-order valence-corrected chi connectivity index (χ3v) is 5.59. The van der Waals surface area contributed by atoms with Crippen LogP contribution >= 0.6 is 0 Å². The van der Waals surface area contributed by atoms with Gasteiger partial charge in [-0.05, 0) is 42.3 Å². The molecule has 0 unspecified atom stereocenters. The van der Waals surface area contributed by atoms with Crippen molar-refractivity contribution >= 4 is 16.2 Å². The van der Waals surface area contributed by atoms with Gasteiger partial charge in [-0.3, -0.25) is 0 Å². The normalized spacial score (nSPS) is 13.7. The lowest BCUT2D eigenvalue weighted by atomic mass is 10.1. The summed E-state index contributed by atoms with van der Waals surface area (Å²) in [4.78, 5) is 0. The largest absolute Gasteiger partial charge is 0.507 e. The highest BCUT2D eigenvalue weighted by molar-refractivity contribution is 7.87. The Morgan fingerprint density at radius 3 is 2.53 bits per heavy atom. The number of rotatable bonds is 8. The number of fused-ring (bicyclic) bond motifs is 1. The number of aromatic hydroxyl groups is 1. The van der Waals surface area contributed by atoms with Gasteiger partial charge in [0, 0.05) is 30.0 Å². The molecule has 1 aliphatic carbocycles. The zero-order valence-corrected chi connectivity index (χ0v) is 16.5. The Labute approximate surface area is 171 Å². The first-order chi connectivity index (χ1) is 14.1. The summed E-state index contributed by atoms with van der Waals surface area (Å²) in [6.07, 6.45) is -4.18. The third-order valence-electron chi connectivity index (χ3n) is 4.36. The molecule has 2 N–H and O–H groups in total. The second kappa shape index (κ2) is 8.57. The zero-order chi connectivity index (χ0) is 21.9. The van der Waals surface area contributed by atoms with E-state index in [9.17, 15) is 31.8 Å². The van der Waals surface area contributed by atoms with E-state index in [1.807, 2.05) is 0 Å². The van der Waals surface area contributed by atoms with Crippen LogP contribution in [-0.4, -0.2) is 37.2 Å². The maximum absolute atomic E-state index is 12.2. The maximum atomic E-state index is 12.2. The van der Waals surface area contributed by atoms with Crippen molar-refractivity contribution in [1.29, 1.82) is 0 Å². The summed E-state index contributed by atoms with van der Waals surface area (Å²) in [5, 5.41) is 19.3. The van der Waals surface area contributed by atoms with Gasteiger partial charge in [-0.15, -0.1) is 0 Å². The predicted molar refractivity (Wildman–Crippen MR) is 103 cm³/mol. The first kappa shape index (κ1) is 22.0. The number of aliphatic hydroxyl groups excluding tert-OH is 1. The zero-order valence-electron chi connectivity index (χ0n) is 15.6. The van der Waals surface area contributed by atoms with E-state index in [0.29, 0.717) is 28.9 Å². The van der Waals surface area contributed by atoms with Crippen molar-refractivity contribution < 1.29 is 40.7 Å². The van der Waals surface area contributed by atoms with Crippen molar-refractivity contribution in [1.82, 2.24) is 0 Å². The molecule has 2 aromatic rings. The summed E-state index contributed by atoms with van der Waals surface area (Å²) in [7, 11) is -4.20. The van der Waals surface area contributed by atoms with Crippen LogP contribution in [-0.2, 0) is 16.5 Å². The van der Waals surface area contributed by atoms with E-state index < -0.39 is 34.9 Å². The van der Waals surface area contributed by atoms with E-state index in [1.165, 1.54) is 24.3 Å². The van der Waals surface area contributed by atoms with Gasteiger partial charge in [-0.25, -0.2) is 0 Å². The van der Waals surface area contributed by atoms with Crippen molar-refractivity contribution in [3.8, 4) is 23.0 Å². The number of phenols is 1. The lowest BCUT2D eigenvalue weighted by Gasteiger charge is -2.13. The summed E-state index contributed by atoms with van der Waals surface area (Å²) in [6, 6.07) is 8.67. The minimum Gasteiger partial charge on any atom is -0.507 e. The molecule has 0 aromatic heterocycles. The van der Waals surface area contributed by atoms with E-state index in [4.69, 9.17) is 8.92 Å². The minimum atomic E-state index is -4.43. The average Bonchev–Trinajstić information content (AvgIpc) is 3.08. The van der Waals surface area contributed by atoms with Gasteiger partial charge in [-0.1, -0.05) is 6.07 Å². The Kier molecular flexibility index (Phi) is 6.27. The quantitative estimate of drug-likeness (QED) is 0.594. The summed E-state index contributed by atoms with van der Waals surface area (Å²) in [5.41, 5.74) is 1.92. The molecule has 2 aromatic carbocycles. The number of halogens is 3. The molecule has 0 amide bonds.